The van der Waals surface area contributed by atoms with Gasteiger partial charge in [0, 0.05) is 25.2 Å². The van der Waals surface area contributed by atoms with Crippen molar-refractivity contribution in [3.8, 4) is 11.3 Å². The van der Waals surface area contributed by atoms with Gasteiger partial charge in [0.05, 0.1) is 17.6 Å². The van der Waals surface area contributed by atoms with Crippen molar-refractivity contribution in [1.82, 2.24) is 9.55 Å². The van der Waals surface area contributed by atoms with E-state index < -0.39 is 0 Å². The predicted octanol–water partition coefficient (Wildman–Crippen LogP) is 4.17. The maximum absolute atomic E-state index is 14.4. The Kier molecular flexibility index (Phi) is 3.98. The van der Waals surface area contributed by atoms with Crippen LogP contribution in [0.3, 0.4) is 0 Å². The second kappa shape index (κ2) is 5.56. The Morgan fingerprint density at radius 3 is 2.48 bits per heavy atom. The number of halogens is 1. The summed E-state index contributed by atoms with van der Waals surface area (Å²) in [6.45, 7) is 11.7. The van der Waals surface area contributed by atoms with Gasteiger partial charge in [0.2, 0.25) is 0 Å². The van der Waals surface area contributed by atoms with E-state index in [9.17, 15) is 4.39 Å². The van der Waals surface area contributed by atoms with Crippen molar-refractivity contribution >= 4 is 11.3 Å². The number of nitrogens with one attached hydrogen (secondary N) is 1. The van der Waals surface area contributed by atoms with E-state index in [2.05, 4.69) is 23.5 Å². The first-order valence-electron chi connectivity index (χ1n) is 6.72. The second-order valence-corrected chi connectivity index (χ2v) is 5.14. The molecule has 2 rings (SSSR count). The molecule has 3 nitrogen and oxygen atoms in total. The number of hydrogen-bond donors (Lipinski definition) is 1. The summed E-state index contributed by atoms with van der Waals surface area (Å²) in [5.74, 6) is 0.564. The topological polar surface area (TPSA) is 29.9 Å². The van der Waals surface area contributed by atoms with E-state index in [1.165, 1.54) is 6.07 Å². The number of nitrogens with zero attached hydrogens (tertiary/aromatic N) is 2. The molecule has 0 aliphatic carbocycles. The zero-order chi connectivity index (χ0) is 15.7. The van der Waals surface area contributed by atoms with E-state index in [1.54, 1.807) is 13.2 Å². The van der Waals surface area contributed by atoms with Gasteiger partial charge in [0.15, 0.2) is 0 Å². The number of hydrogen-bond acceptors (Lipinski definition) is 2. The van der Waals surface area contributed by atoms with Gasteiger partial charge in [-0.05, 0) is 31.6 Å². The predicted molar refractivity (Wildman–Crippen MR) is 86.7 cm³/mol. The lowest BCUT2D eigenvalue weighted by Crippen LogP contribution is -2.01. The van der Waals surface area contributed by atoms with Gasteiger partial charge in [0.25, 0.3) is 0 Å². The molecular weight excluding hydrogens is 265 g/mol. The van der Waals surface area contributed by atoms with Gasteiger partial charge in [-0.15, -0.1) is 0 Å². The minimum absolute atomic E-state index is 0.314. The van der Waals surface area contributed by atoms with Crippen LogP contribution in [0.15, 0.2) is 37.1 Å². The fourth-order valence-corrected chi connectivity index (χ4v) is 2.25. The fraction of sp³-hybridized carbons (Fsp3) is 0.235. The van der Waals surface area contributed by atoms with Crippen molar-refractivity contribution in [2.75, 3.05) is 12.4 Å². The average Bonchev–Trinajstić information content (AvgIpc) is 2.77. The number of imidazole rings is 1. The Bertz CT molecular complexity index is 726. The molecule has 0 unspecified atom stereocenters. The molecule has 1 N–H and O–H groups in total. The SMILES string of the molecule is C=C(C)C(=C)c1cc(-c2cnc(C)n2C)cc(F)c1NC. The molecule has 2 aromatic rings. The second-order valence-electron chi connectivity index (χ2n) is 5.14. The molecule has 21 heavy (non-hydrogen) atoms. The van der Waals surface area contributed by atoms with Gasteiger partial charge >= 0.3 is 0 Å². The summed E-state index contributed by atoms with van der Waals surface area (Å²) in [6, 6.07) is 3.43. The summed E-state index contributed by atoms with van der Waals surface area (Å²) >= 11 is 0. The Morgan fingerprint density at radius 2 is 2.00 bits per heavy atom. The van der Waals surface area contributed by atoms with Crippen LogP contribution in [0.2, 0.25) is 0 Å². The molecule has 0 aliphatic heterocycles. The van der Waals surface area contributed by atoms with E-state index in [0.29, 0.717) is 5.69 Å². The highest BCUT2D eigenvalue weighted by Crippen LogP contribution is 2.34. The van der Waals surface area contributed by atoms with Gasteiger partial charge in [-0.1, -0.05) is 18.7 Å². The molecule has 4 heteroatoms. The lowest BCUT2D eigenvalue weighted by atomic mass is 9.96. The van der Waals surface area contributed by atoms with Crippen LogP contribution in [0, 0.1) is 12.7 Å². The number of aromatic nitrogens is 2. The normalized spacial score (nSPS) is 10.5. The first-order valence-corrected chi connectivity index (χ1v) is 6.72. The van der Waals surface area contributed by atoms with Crippen molar-refractivity contribution in [2.24, 2.45) is 7.05 Å². The van der Waals surface area contributed by atoms with Crippen molar-refractivity contribution in [2.45, 2.75) is 13.8 Å². The Labute approximate surface area is 124 Å². The van der Waals surface area contributed by atoms with Gasteiger partial charge in [-0.3, -0.25) is 0 Å². The number of allylic oxidation sites excluding steroid dienone is 2. The molecule has 1 heterocycles. The summed E-state index contributed by atoms with van der Waals surface area (Å²) in [6.07, 6.45) is 1.75. The van der Waals surface area contributed by atoms with Gasteiger partial charge in [-0.2, -0.15) is 0 Å². The summed E-state index contributed by atoms with van der Waals surface area (Å²) in [7, 11) is 3.61. The Hall–Kier alpha value is -2.36. The third-order valence-electron chi connectivity index (χ3n) is 3.70. The van der Waals surface area contributed by atoms with Crippen LogP contribution >= 0.6 is 0 Å². The summed E-state index contributed by atoms with van der Waals surface area (Å²) in [4.78, 5) is 4.26. The minimum atomic E-state index is -0.314. The lowest BCUT2D eigenvalue weighted by Gasteiger charge is -2.15. The van der Waals surface area contributed by atoms with E-state index in [-0.39, 0.29) is 5.82 Å². The molecule has 0 spiro atoms. The van der Waals surface area contributed by atoms with Crippen molar-refractivity contribution in [3.05, 3.63) is 54.3 Å². The third kappa shape index (κ3) is 2.61. The molecule has 0 bridgehead atoms. The first-order chi connectivity index (χ1) is 9.86. The molecule has 0 saturated heterocycles. The highest BCUT2D eigenvalue weighted by atomic mass is 19.1. The highest BCUT2D eigenvalue weighted by molar-refractivity contribution is 5.86. The minimum Gasteiger partial charge on any atom is -0.385 e. The van der Waals surface area contributed by atoms with Crippen LogP contribution in [-0.2, 0) is 7.05 Å². The van der Waals surface area contributed by atoms with E-state index in [0.717, 1.165) is 33.8 Å². The van der Waals surface area contributed by atoms with Gasteiger partial charge in [0.1, 0.15) is 11.6 Å². The van der Waals surface area contributed by atoms with Gasteiger partial charge < -0.3 is 9.88 Å². The standard InChI is InChI=1S/C17H20FN3/c1-10(2)11(3)14-7-13(8-15(18)17(14)19-5)16-9-20-12(4)21(16)6/h7-9,19H,1,3H2,2,4-6H3. The highest BCUT2D eigenvalue weighted by Gasteiger charge is 2.15. The van der Waals surface area contributed by atoms with E-state index >= 15 is 0 Å². The molecule has 0 fully saturated rings. The Morgan fingerprint density at radius 1 is 1.33 bits per heavy atom. The molecule has 1 aromatic carbocycles. The van der Waals surface area contributed by atoms with Crippen LogP contribution in [0.1, 0.15) is 18.3 Å². The molecule has 0 aliphatic rings. The molecule has 110 valence electrons. The molecule has 0 radical (unpaired) electrons. The summed E-state index contributed by atoms with van der Waals surface area (Å²) < 4.78 is 16.3. The summed E-state index contributed by atoms with van der Waals surface area (Å²) in [5, 5.41) is 2.90. The van der Waals surface area contributed by atoms with Crippen LogP contribution in [0.4, 0.5) is 10.1 Å². The molecular formula is C17H20FN3. The van der Waals surface area contributed by atoms with Crippen LogP contribution < -0.4 is 5.32 Å². The largest absolute Gasteiger partial charge is 0.385 e. The lowest BCUT2D eigenvalue weighted by molar-refractivity contribution is 0.631. The van der Waals surface area contributed by atoms with Crippen LogP contribution in [0.25, 0.3) is 16.8 Å². The molecule has 1 aromatic heterocycles. The number of benzene rings is 1. The number of rotatable bonds is 4. The average molecular weight is 285 g/mol. The van der Waals surface area contributed by atoms with Crippen LogP contribution in [-0.4, -0.2) is 16.6 Å². The van der Waals surface area contributed by atoms with E-state index in [4.69, 9.17) is 0 Å². The van der Waals surface area contributed by atoms with Crippen molar-refractivity contribution in [1.29, 1.82) is 0 Å². The van der Waals surface area contributed by atoms with Crippen LogP contribution in [0.5, 0.6) is 0 Å². The first kappa shape index (κ1) is 15.0. The molecule has 0 atom stereocenters. The third-order valence-corrected chi connectivity index (χ3v) is 3.70. The zero-order valence-corrected chi connectivity index (χ0v) is 12.9. The Balaban J connectivity index is 2.68. The monoisotopic (exact) mass is 285 g/mol. The van der Waals surface area contributed by atoms with Gasteiger partial charge in [-0.25, -0.2) is 9.37 Å². The number of anilines is 1. The fourth-order valence-electron chi connectivity index (χ4n) is 2.25. The zero-order valence-electron chi connectivity index (χ0n) is 12.9. The molecule has 0 amide bonds. The van der Waals surface area contributed by atoms with E-state index in [1.807, 2.05) is 31.5 Å². The maximum atomic E-state index is 14.4. The van der Waals surface area contributed by atoms with Crippen molar-refractivity contribution in [3.63, 3.8) is 0 Å². The van der Waals surface area contributed by atoms with Crippen molar-refractivity contribution < 1.29 is 4.39 Å². The molecule has 0 saturated carbocycles. The quantitative estimate of drug-likeness (QED) is 0.855. The summed E-state index contributed by atoms with van der Waals surface area (Å²) in [5.41, 5.74) is 4.32. The smallest absolute Gasteiger partial charge is 0.147 e. The maximum Gasteiger partial charge on any atom is 0.147 e. The number of aryl methyl sites for hydroxylation is 1.